The Hall–Kier alpha value is -3.66. The zero-order valence-corrected chi connectivity index (χ0v) is 24.7. The molecule has 10 heteroatoms. The van der Waals surface area contributed by atoms with Crippen LogP contribution in [-0.2, 0) is 20.9 Å². The van der Waals surface area contributed by atoms with Gasteiger partial charge in [-0.15, -0.1) is 11.3 Å². The number of aromatic nitrogens is 1. The molecule has 3 N–H and O–H groups in total. The number of carbonyl (C=O) groups excluding carboxylic acids is 3. The van der Waals surface area contributed by atoms with Crippen LogP contribution in [0.2, 0.25) is 0 Å². The lowest BCUT2D eigenvalue weighted by Crippen LogP contribution is -2.42. The molecule has 1 saturated carbocycles. The number of thiophene rings is 1. The number of aliphatic carboxylic acids is 1. The Morgan fingerprint density at radius 2 is 1.83 bits per heavy atom. The number of anilines is 1. The van der Waals surface area contributed by atoms with E-state index in [1.807, 2.05) is 60.2 Å². The van der Waals surface area contributed by atoms with Crippen molar-refractivity contribution < 1.29 is 24.3 Å². The van der Waals surface area contributed by atoms with Gasteiger partial charge in [0, 0.05) is 37.2 Å². The fourth-order valence-electron chi connectivity index (χ4n) is 5.55. The van der Waals surface area contributed by atoms with Gasteiger partial charge in [-0.05, 0) is 87.6 Å². The maximum absolute atomic E-state index is 13.5. The SMILES string of the molecule is CCN(C(=O)Cn1c(C(=O)N[C@H]2CC[C@@H](C(=O)NCCCCCC(=O)O)CC2)cc2sccc21)c1cccc(C)c1. The van der Waals surface area contributed by atoms with Crippen LogP contribution in [0, 0.1) is 12.8 Å². The van der Waals surface area contributed by atoms with Gasteiger partial charge in [0.15, 0.2) is 0 Å². The minimum absolute atomic E-state index is 0.0286. The van der Waals surface area contributed by atoms with Gasteiger partial charge in [0.1, 0.15) is 12.2 Å². The van der Waals surface area contributed by atoms with Crippen molar-refractivity contribution in [1.82, 2.24) is 15.2 Å². The van der Waals surface area contributed by atoms with Gasteiger partial charge < -0.3 is 25.2 Å². The molecule has 1 aromatic carbocycles. The smallest absolute Gasteiger partial charge is 0.303 e. The number of benzene rings is 1. The van der Waals surface area contributed by atoms with Crippen LogP contribution in [0.5, 0.6) is 0 Å². The van der Waals surface area contributed by atoms with Crippen LogP contribution < -0.4 is 15.5 Å². The van der Waals surface area contributed by atoms with Crippen LogP contribution in [0.15, 0.2) is 41.8 Å². The fourth-order valence-corrected chi connectivity index (χ4v) is 6.37. The number of amides is 3. The van der Waals surface area contributed by atoms with Crippen molar-refractivity contribution in [1.29, 1.82) is 0 Å². The number of fused-ring (bicyclic) bond motifs is 1. The highest BCUT2D eigenvalue weighted by atomic mass is 32.1. The Bertz CT molecular complexity index is 1370. The zero-order chi connectivity index (χ0) is 29.4. The number of carboxylic acid groups (broad SMARTS) is 1. The number of likely N-dealkylation sites (N-methyl/N-ethyl adjacent to an activating group) is 1. The summed E-state index contributed by atoms with van der Waals surface area (Å²) in [5.74, 6) is -1.11. The van der Waals surface area contributed by atoms with Crippen molar-refractivity contribution in [3.05, 3.63) is 53.0 Å². The zero-order valence-electron chi connectivity index (χ0n) is 23.9. The number of carbonyl (C=O) groups is 4. The third kappa shape index (κ3) is 7.97. The lowest BCUT2D eigenvalue weighted by molar-refractivity contribution is -0.137. The first-order chi connectivity index (χ1) is 19.8. The number of hydrogen-bond acceptors (Lipinski definition) is 5. The lowest BCUT2D eigenvalue weighted by atomic mass is 9.85. The molecule has 3 aromatic rings. The molecule has 2 aromatic heterocycles. The third-order valence-electron chi connectivity index (χ3n) is 7.78. The largest absolute Gasteiger partial charge is 0.481 e. The fraction of sp³-hybridized carbons (Fsp3) is 0.484. The molecule has 220 valence electrons. The monoisotopic (exact) mass is 580 g/mol. The summed E-state index contributed by atoms with van der Waals surface area (Å²) in [5, 5.41) is 16.8. The normalized spacial score (nSPS) is 16.8. The van der Waals surface area contributed by atoms with Gasteiger partial charge in [-0.25, -0.2) is 0 Å². The van der Waals surface area contributed by atoms with Crippen LogP contribution in [0.1, 0.15) is 74.3 Å². The first-order valence-electron chi connectivity index (χ1n) is 14.5. The number of unbranched alkanes of at least 4 members (excludes halogenated alkanes) is 2. The van der Waals surface area contributed by atoms with E-state index in [0.717, 1.165) is 34.3 Å². The van der Waals surface area contributed by atoms with Crippen LogP contribution in [0.4, 0.5) is 5.69 Å². The summed E-state index contributed by atoms with van der Waals surface area (Å²) in [6.45, 7) is 5.09. The molecule has 9 nitrogen and oxygen atoms in total. The summed E-state index contributed by atoms with van der Waals surface area (Å²) < 4.78 is 2.78. The molecule has 0 unspecified atom stereocenters. The summed E-state index contributed by atoms with van der Waals surface area (Å²) in [5.41, 5.74) is 3.27. The van der Waals surface area contributed by atoms with Crippen LogP contribution in [-0.4, -0.2) is 52.5 Å². The second-order valence-corrected chi connectivity index (χ2v) is 11.7. The van der Waals surface area contributed by atoms with Gasteiger partial charge in [0.25, 0.3) is 5.91 Å². The maximum Gasteiger partial charge on any atom is 0.303 e. The molecule has 3 amide bonds. The highest BCUT2D eigenvalue weighted by molar-refractivity contribution is 7.17. The van der Waals surface area contributed by atoms with Crippen molar-refractivity contribution in [2.45, 2.75) is 77.8 Å². The number of rotatable bonds is 13. The average Bonchev–Trinajstić information content (AvgIpc) is 3.54. The molecular weight excluding hydrogens is 540 g/mol. The summed E-state index contributed by atoms with van der Waals surface area (Å²) in [4.78, 5) is 51.8. The average molecular weight is 581 g/mol. The van der Waals surface area contributed by atoms with E-state index >= 15 is 0 Å². The van der Waals surface area contributed by atoms with Crippen LogP contribution in [0.25, 0.3) is 10.2 Å². The van der Waals surface area contributed by atoms with Crippen LogP contribution >= 0.6 is 11.3 Å². The Kier molecular flexibility index (Phi) is 10.6. The molecule has 1 aliphatic carbocycles. The van der Waals surface area contributed by atoms with Crippen molar-refractivity contribution in [3.63, 3.8) is 0 Å². The standard InChI is InChI=1S/C31H40N4O5S/c1-3-34(24-9-7-8-21(2)18-24)28(36)20-35-25-15-17-41-27(25)19-26(35)31(40)33-23-13-11-22(12-14-23)30(39)32-16-6-4-5-10-29(37)38/h7-9,15,17-19,22-23H,3-6,10-14,16,20H2,1-2H3,(H,32,39)(H,33,40)(H,37,38)/t22-,23+. The molecule has 0 bridgehead atoms. The Labute approximate surface area is 244 Å². The first kappa shape index (κ1) is 30.3. The predicted octanol–water partition coefficient (Wildman–Crippen LogP) is 5.11. The number of carboxylic acids is 1. The minimum atomic E-state index is -0.791. The van der Waals surface area contributed by atoms with Crippen molar-refractivity contribution >= 4 is 50.9 Å². The summed E-state index contributed by atoms with van der Waals surface area (Å²) >= 11 is 1.54. The Morgan fingerprint density at radius 3 is 2.54 bits per heavy atom. The third-order valence-corrected chi connectivity index (χ3v) is 8.63. The molecule has 4 rings (SSSR count). The minimum Gasteiger partial charge on any atom is -0.481 e. The molecule has 0 radical (unpaired) electrons. The number of nitrogens with one attached hydrogen (secondary N) is 2. The van der Waals surface area contributed by atoms with Crippen molar-refractivity contribution in [2.24, 2.45) is 5.92 Å². The van der Waals surface area contributed by atoms with E-state index in [-0.39, 0.29) is 42.6 Å². The lowest BCUT2D eigenvalue weighted by Gasteiger charge is -2.28. The van der Waals surface area contributed by atoms with E-state index in [1.165, 1.54) is 0 Å². The second kappa shape index (κ2) is 14.3. The molecule has 0 atom stereocenters. The first-order valence-corrected chi connectivity index (χ1v) is 15.4. The van der Waals surface area contributed by atoms with Crippen molar-refractivity contribution in [3.8, 4) is 0 Å². The van der Waals surface area contributed by atoms with E-state index in [9.17, 15) is 19.2 Å². The van der Waals surface area contributed by atoms with Gasteiger partial charge in [-0.1, -0.05) is 18.6 Å². The van der Waals surface area contributed by atoms with E-state index in [1.54, 1.807) is 16.2 Å². The summed E-state index contributed by atoms with van der Waals surface area (Å²) in [7, 11) is 0. The molecule has 1 aliphatic rings. The molecule has 0 aliphatic heterocycles. The van der Waals surface area contributed by atoms with Gasteiger partial charge in [-0.2, -0.15) is 0 Å². The van der Waals surface area contributed by atoms with E-state index in [4.69, 9.17) is 5.11 Å². The van der Waals surface area contributed by atoms with E-state index in [2.05, 4.69) is 10.6 Å². The topological polar surface area (TPSA) is 121 Å². The van der Waals surface area contributed by atoms with Gasteiger partial charge >= 0.3 is 5.97 Å². The van der Waals surface area contributed by atoms with Crippen LogP contribution in [0.3, 0.4) is 0 Å². The van der Waals surface area contributed by atoms with E-state index < -0.39 is 5.97 Å². The summed E-state index contributed by atoms with van der Waals surface area (Å²) in [6, 6.07) is 11.6. The molecular formula is C31H40N4O5S. The highest BCUT2D eigenvalue weighted by Gasteiger charge is 2.28. The molecule has 0 saturated heterocycles. The van der Waals surface area contributed by atoms with Gasteiger partial charge in [0.05, 0.1) is 10.2 Å². The number of nitrogens with zero attached hydrogens (tertiary/aromatic N) is 2. The number of hydrogen-bond donors (Lipinski definition) is 3. The highest BCUT2D eigenvalue weighted by Crippen LogP contribution is 2.28. The van der Waals surface area contributed by atoms with Crippen molar-refractivity contribution in [2.75, 3.05) is 18.0 Å². The Balaban J connectivity index is 1.32. The van der Waals surface area contributed by atoms with Gasteiger partial charge in [0.2, 0.25) is 11.8 Å². The Morgan fingerprint density at radius 1 is 1.05 bits per heavy atom. The number of aryl methyl sites for hydroxylation is 1. The summed E-state index contributed by atoms with van der Waals surface area (Å²) in [6.07, 6.45) is 5.16. The second-order valence-electron chi connectivity index (χ2n) is 10.8. The van der Waals surface area contributed by atoms with Gasteiger partial charge in [-0.3, -0.25) is 19.2 Å². The molecule has 1 fully saturated rings. The molecule has 0 spiro atoms. The predicted molar refractivity (Wildman–Crippen MR) is 161 cm³/mol. The molecule has 41 heavy (non-hydrogen) atoms. The molecule has 2 heterocycles. The maximum atomic E-state index is 13.5. The quantitative estimate of drug-likeness (QED) is 0.243. The van der Waals surface area contributed by atoms with E-state index in [0.29, 0.717) is 50.9 Å².